The molecular formula is C20H21NO2. The Hall–Kier alpha value is -2.26. The van der Waals surface area contributed by atoms with Gasteiger partial charge in [0.05, 0.1) is 11.8 Å². The Morgan fingerprint density at radius 2 is 2.00 bits per heavy atom. The van der Waals surface area contributed by atoms with Crippen LogP contribution in [-0.2, 0) is 20.1 Å². The molecular weight excluding hydrogens is 286 g/mol. The van der Waals surface area contributed by atoms with Crippen molar-refractivity contribution in [2.24, 2.45) is 7.05 Å². The van der Waals surface area contributed by atoms with E-state index in [0.717, 1.165) is 36.3 Å². The molecule has 1 aliphatic carbocycles. The normalized spacial score (nSPS) is 17.2. The Bertz CT molecular complexity index is 836. The SMILES string of the molecule is Cn1c2c(c3cc(OCc4ccccc4)ccc31)CCCC2O. The summed E-state index contributed by atoms with van der Waals surface area (Å²) in [6, 6.07) is 16.4. The van der Waals surface area contributed by atoms with E-state index in [2.05, 4.69) is 28.8 Å². The van der Waals surface area contributed by atoms with Gasteiger partial charge in [-0.05, 0) is 48.6 Å². The second-order valence-corrected chi connectivity index (χ2v) is 6.28. The van der Waals surface area contributed by atoms with Crippen LogP contribution in [0.3, 0.4) is 0 Å². The summed E-state index contributed by atoms with van der Waals surface area (Å²) in [4.78, 5) is 0. The molecule has 1 N–H and O–H groups in total. The Kier molecular flexibility index (Phi) is 3.58. The number of aliphatic hydroxyl groups excluding tert-OH is 1. The topological polar surface area (TPSA) is 34.4 Å². The summed E-state index contributed by atoms with van der Waals surface area (Å²) in [7, 11) is 2.04. The highest BCUT2D eigenvalue weighted by molar-refractivity contribution is 5.87. The molecule has 1 aromatic heterocycles. The first-order valence-corrected chi connectivity index (χ1v) is 8.20. The number of fused-ring (bicyclic) bond motifs is 3. The maximum absolute atomic E-state index is 10.3. The molecule has 0 spiro atoms. The molecule has 4 rings (SSSR count). The van der Waals surface area contributed by atoms with Crippen molar-refractivity contribution in [3.8, 4) is 5.75 Å². The zero-order valence-corrected chi connectivity index (χ0v) is 13.3. The number of aromatic nitrogens is 1. The van der Waals surface area contributed by atoms with E-state index in [1.54, 1.807) is 0 Å². The molecule has 2 aromatic carbocycles. The molecule has 0 saturated heterocycles. The van der Waals surface area contributed by atoms with E-state index in [1.807, 2.05) is 31.3 Å². The van der Waals surface area contributed by atoms with Crippen molar-refractivity contribution in [1.29, 1.82) is 0 Å². The fraction of sp³-hybridized carbons (Fsp3) is 0.300. The first-order valence-electron chi connectivity index (χ1n) is 8.20. The van der Waals surface area contributed by atoms with Crippen LogP contribution in [0.4, 0.5) is 0 Å². The van der Waals surface area contributed by atoms with Gasteiger partial charge in [-0.1, -0.05) is 30.3 Å². The molecule has 23 heavy (non-hydrogen) atoms. The third-order valence-corrected chi connectivity index (χ3v) is 4.79. The average Bonchev–Trinajstić information content (AvgIpc) is 2.88. The fourth-order valence-electron chi connectivity index (χ4n) is 3.65. The van der Waals surface area contributed by atoms with Crippen molar-refractivity contribution in [2.45, 2.75) is 32.0 Å². The van der Waals surface area contributed by atoms with Crippen LogP contribution in [0.1, 0.15) is 35.8 Å². The van der Waals surface area contributed by atoms with Crippen molar-refractivity contribution in [1.82, 2.24) is 4.57 Å². The molecule has 0 bridgehead atoms. The zero-order chi connectivity index (χ0) is 15.8. The van der Waals surface area contributed by atoms with Gasteiger partial charge in [0.2, 0.25) is 0 Å². The van der Waals surface area contributed by atoms with Crippen molar-refractivity contribution in [3.05, 3.63) is 65.4 Å². The van der Waals surface area contributed by atoms with Gasteiger partial charge in [-0.2, -0.15) is 0 Å². The molecule has 1 aliphatic rings. The molecule has 1 atom stereocenters. The molecule has 118 valence electrons. The van der Waals surface area contributed by atoms with Crippen LogP contribution >= 0.6 is 0 Å². The Morgan fingerprint density at radius 1 is 1.17 bits per heavy atom. The molecule has 0 radical (unpaired) electrons. The van der Waals surface area contributed by atoms with E-state index >= 15 is 0 Å². The molecule has 0 aliphatic heterocycles. The maximum Gasteiger partial charge on any atom is 0.120 e. The molecule has 0 fully saturated rings. The largest absolute Gasteiger partial charge is 0.489 e. The summed E-state index contributed by atoms with van der Waals surface area (Å²) in [6.45, 7) is 0.573. The maximum atomic E-state index is 10.3. The van der Waals surface area contributed by atoms with Gasteiger partial charge < -0.3 is 14.4 Å². The minimum atomic E-state index is -0.343. The molecule has 1 heterocycles. The van der Waals surface area contributed by atoms with Gasteiger partial charge in [-0.3, -0.25) is 0 Å². The summed E-state index contributed by atoms with van der Waals surface area (Å²) in [6.07, 6.45) is 2.59. The predicted molar refractivity (Wildman–Crippen MR) is 91.6 cm³/mol. The number of aryl methyl sites for hydroxylation is 2. The minimum absolute atomic E-state index is 0.343. The second-order valence-electron chi connectivity index (χ2n) is 6.28. The number of aliphatic hydroxyl groups is 1. The monoisotopic (exact) mass is 307 g/mol. The molecule has 0 amide bonds. The van der Waals surface area contributed by atoms with Crippen LogP contribution in [-0.4, -0.2) is 9.67 Å². The van der Waals surface area contributed by atoms with Crippen LogP contribution in [0.15, 0.2) is 48.5 Å². The first-order chi connectivity index (χ1) is 11.2. The third-order valence-electron chi connectivity index (χ3n) is 4.79. The van der Waals surface area contributed by atoms with Gasteiger partial charge in [-0.15, -0.1) is 0 Å². The summed E-state index contributed by atoms with van der Waals surface area (Å²) in [5.41, 5.74) is 4.69. The van der Waals surface area contributed by atoms with Crippen LogP contribution in [0.2, 0.25) is 0 Å². The van der Waals surface area contributed by atoms with Gasteiger partial charge in [0.25, 0.3) is 0 Å². The smallest absolute Gasteiger partial charge is 0.120 e. The molecule has 3 nitrogen and oxygen atoms in total. The molecule has 3 aromatic rings. The zero-order valence-electron chi connectivity index (χ0n) is 13.3. The number of ether oxygens (including phenoxy) is 1. The first kappa shape index (κ1) is 14.3. The van der Waals surface area contributed by atoms with Gasteiger partial charge in [0, 0.05) is 18.0 Å². The van der Waals surface area contributed by atoms with E-state index in [1.165, 1.54) is 16.5 Å². The lowest BCUT2D eigenvalue weighted by molar-refractivity contribution is 0.149. The predicted octanol–water partition coefficient (Wildman–Crippen LogP) is 4.13. The quantitative estimate of drug-likeness (QED) is 0.789. The van der Waals surface area contributed by atoms with E-state index in [0.29, 0.717) is 6.61 Å². The standard InChI is InChI=1S/C20H21NO2/c1-21-18-11-10-15(23-13-14-6-3-2-4-7-14)12-17(18)16-8-5-9-19(22)20(16)21/h2-4,6-7,10-12,19,22H,5,8-9,13H2,1H3. The highest BCUT2D eigenvalue weighted by Gasteiger charge is 2.25. The van der Waals surface area contributed by atoms with Gasteiger partial charge in [0.15, 0.2) is 0 Å². The lowest BCUT2D eigenvalue weighted by Crippen LogP contribution is -2.11. The minimum Gasteiger partial charge on any atom is -0.489 e. The van der Waals surface area contributed by atoms with Crippen molar-refractivity contribution in [2.75, 3.05) is 0 Å². The number of benzene rings is 2. The molecule has 3 heteroatoms. The van der Waals surface area contributed by atoms with E-state index < -0.39 is 0 Å². The highest BCUT2D eigenvalue weighted by Crippen LogP contribution is 2.37. The van der Waals surface area contributed by atoms with Crippen LogP contribution in [0, 0.1) is 0 Å². The third kappa shape index (κ3) is 2.51. The molecule has 0 saturated carbocycles. The summed E-state index contributed by atoms with van der Waals surface area (Å²) < 4.78 is 8.09. The Balaban J connectivity index is 1.68. The van der Waals surface area contributed by atoms with E-state index in [9.17, 15) is 5.11 Å². The second kappa shape index (κ2) is 5.74. The Labute approximate surface area is 136 Å². The summed E-state index contributed by atoms with van der Waals surface area (Å²) in [5, 5.41) is 11.5. The van der Waals surface area contributed by atoms with Crippen LogP contribution in [0.25, 0.3) is 10.9 Å². The fourth-order valence-corrected chi connectivity index (χ4v) is 3.65. The molecule has 1 unspecified atom stereocenters. The number of rotatable bonds is 3. The summed E-state index contributed by atoms with van der Waals surface area (Å²) >= 11 is 0. The van der Waals surface area contributed by atoms with Crippen molar-refractivity contribution >= 4 is 10.9 Å². The number of hydrogen-bond acceptors (Lipinski definition) is 2. The van der Waals surface area contributed by atoms with Crippen molar-refractivity contribution < 1.29 is 9.84 Å². The van der Waals surface area contributed by atoms with E-state index in [-0.39, 0.29) is 6.10 Å². The lowest BCUT2D eigenvalue weighted by Gasteiger charge is -2.19. The van der Waals surface area contributed by atoms with E-state index in [4.69, 9.17) is 4.74 Å². The lowest BCUT2D eigenvalue weighted by atomic mass is 9.93. The summed E-state index contributed by atoms with van der Waals surface area (Å²) in [5.74, 6) is 0.884. The average molecular weight is 307 g/mol. The van der Waals surface area contributed by atoms with Crippen LogP contribution < -0.4 is 4.74 Å². The number of nitrogens with zero attached hydrogens (tertiary/aromatic N) is 1. The number of hydrogen-bond donors (Lipinski definition) is 1. The van der Waals surface area contributed by atoms with Crippen LogP contribution in [0.5, 0.6) is 5.75 Å². The van der Waals surface area contributed by atoms with Gasteiger partial charge in [0.1, 0.15) is 12.4 Å². The Morgan fingerprint density at radius 3 is 2.83 bits per heavy atom. The van der Waals surface area contributed by atoms with Gasteiger partial charge >= 0.3 is 0 Å². The van der Waals surface area contributed by atoms with Gasteiger partial charge in [-0.25, -0.2) is 0 Å². The highest BCUT2D eigenvalue weighted by atomic mass is 16.5. The van der Waals surface area contributed by atoms with Crippen molar-refractivity contribution in [3.63, 3.8) is 0 Å².